The third kappa shape index (κ3) is 5.24. The molecule has 0 saturated heterocycles. The highest BCUT2D eigenvalue weighted by atomic mass is 16.5. The summed E-state index contributed by atoms with van der Waals surface area (Å²) in [4.78, 5) is 12.5. The minimum Gasteiger partial charge on any atom is -0.459 e. The number of benzene rings is 2. The minimum atomic E-state index is -0.186. The standard InChI is InChI=1S/C21H26O2/c1-3-10-18-13-8-9-14-20(18)21(22)23-19(4-2)16-15-17-11-6-5-7-12-17/h5-9,11-14,19H,3-4,10,15-16H2,1-2H3. The van der Waals surface area contributed by atoms with Gasteiger partial charge < -0.3 is 4.74 Å². The van der Waals surface area contributed by atoms with Crippen LogP contribution in [-0.4, -0.2) is 12.1 Å². The molecule has 122 valence electrons. The molecule has 2 heteroatoms. The SMILES string of the molecule is CCCc1ccccc1C(=O)OC(CC)CCc1ccccc1. The summed E-state index contributed by atoms with van der Waals surface area (Å²) in [6, 6.07) is 18.1. The fraction of sp³-hybridized carbons (Fsp3) is 0.381. The lowest BCUT2D eigenvalue weighted by Gasteiger charge is -2.17. The normalized spacial score (nSPS) is 11.9. The Kier molecular flexibility index (Phi) is 6.86. The van der Waals surface area contributed by atoms with Crippen molar-refractivity contribution in [3.8, 4) is 0 Å². The predicted molar refractivity (Wildman–Crippen MR) is 94.7 cm³/mol. The lowest BCUT2D eigenvalue weighted by Crippen LogP contribution is -2.19. The van der Waals surface area contributed by atoms with Crippen LogP contribution in [0.25, 0.3) is 0 Å². The summed E-state index contributed by atoms with van der Waals surface area (Å²) in [5.74, 6) is -0.186. The highest BCUT2D eigenvalue weighted by Crippen LogP contribution is 2.16. The van der Waals surface area contributed by atoms with E-state index in [1.54, 1.807) is 0 Å². The van der Waals surface area contributed by atoms with Crippen LogP contribution in [0.4, 0.5) is 0 Å². The number of aryl methyl sites for hydroxylation is 2. The van der Waals surface area contributed by atoms with Crippen molar-refractivity contribution in [1.82, 2.24) is 0 Å². The van der Waals surface area contributed by atoms with Crippen molar-refractivity contribution in [2.45, 2.75) is 52.1 Å². The molecule has 0 bridgehead atoms. The molecule has 0 heterocycles. The quantitative estimate of drug-likeness (QED) is 0.626. The van der Waals surface area contributed by atoms with Gasteiger partial charge in [-0.05, 0) is 42.9 Å². The summed E-state index contributed by atoms with van der Waals surface area (Å²) in [7, 11) is 0. The highest BCUT2D eigenvalue weighted by molar-refractivity contribution is 5.91. The minimum absolute atomic E-state index is 0.0302. The molecule has 2 nitrogen and oxygen atoms in total. The monoisotopic (exact) mass is 310 g/mol. The zero-order chi connectivity index (χ0) is 16.5. The van der Waals surface area contributed by atoms with Gasteiger partial charge in [-0.2, -0.15) is 0 Å². The molecule has 0 aliphatic heterocycles. The van der Waals surface area contributed by atoms with Gasteiger partial charge in [0.2, 0.25) is 0 Å². The molecule has 0 spiro atoms. The molecule has 0 fully saturated rings. The van der Waals surface area contributed by atoms with Gasteiger partial charge in [0.15, 0.2) is 0 Å². The van der Waals surface area contributed by atoms with Gasteiger partial charge in [-0.15, -0.1) is 0 Å². The molecular formula is C21H26O2. The smallest absolute Gasteiger partial charge is 0.338 e. The van der Waals surface area contributed by atoms with Gasteiger partial charge in [-0.25, -0.2) is 4.79 Å². The first-order valence-electron chi connectivity index (χ1n) is 8.57. The first-order chi connectivity index (χ1) is 11.2. The van der Waals surface area contributed by atoms with Crippen LogP contribution in [0, 0.1) is 0 Å². The number of carbonyl (C=O) groups is 1. The summed E-state index contributed by atoms with van der Waals surface area (Å²) in [5.41, 5.74) is 3.08. The Labute approximate surface area is 139 Å². The van der Waals surface area contributed by atoms with E-state index in [0.717, 1.165) is 37.7 Å². The molecule has 0 aromatic heterocycles. The highest BCUT2D eigenvalue weighted by Gasteiger charge is 2.17. The topological polar surface area (TPSA) is 26.3 Å². The largest absolute Gasteiger partial charge is 0.459 e. The molecular weight excluding hydrogens is 284 g/mol. The van der Waals surface area contributed by atoms with Crippen LogP contribution in [0.15, 0.2) is 54.6 Å². The molecule has 0 radical (unpaired) electrons. The second kappa shape index (κ2) is 9.14. The zero-order valence-corrected chi connectivity index (χ0v) is 14.1. The molecule has 0 aliphatic rings. The van der Waals surface area contributed by atoms with Gasteiger partial charge in [0.05, 0.1) is 5.56 Å². The molecule has 0 saturated carbocycles. The van der Waals surface area contributed by atoms with Crippen LogP contribution in [0.3, 0.4) is 0 Å². The third-order valence-electron chi connectivity index (χ3n) is 4.08. The maximum absolute atomic E-state index is 12.5. The van der Waals surface area contributed by atoms with E-state index < -0.39 is 0 Å². The molecule has 2 rings (SSSR count). The average Bonchev–Trinajstić information content (AvgIpc) is 2.60. The van der Waals surface area contributed by atoms with Gasteiger partial charge in [-0.3, -0.25) is 0 Å². The molecule has 1 unspecified atom stereocenters. The second-order valence-electron chi connectivity index (χ2n) is 5.87. The van der Waals surface area contributed by atoms with Gasteiger partial charge in [-0.1, -0.05) is 68.8 Å². The van der Waals surface area contributed by atoms with Crippen LogP contribution in [-0.2, 0) is 17.6 Å². The van der Waals surface area contributed by atoms with Crippen LogP contribution in [0.2, 0.25) is 0 Å². The molecule has 1 atom stereocenters. The van der Waals surface area contributed by atoms with Crippen molar-refractivity contribution in [1.29, 1.82) is 0 Å². The predicted octanol–water partition coefficient (Wildman–Crippen LogP) is 5.21. The maximum atomic E-state index is 12.5. The van der Waals surface area contributed by atoms with Crippen molar-refractivity contribution in [2.24, 2.45) is 0 Å². The molecule has 0 aliphatic carbocycles. The Hall–Kier alpha value is -2.09. The van der Waals surface area contributed by atoms with E-state index in [9.17, 15) is 4.79 Å². The van der Waals surface area contributed by atoms with Crippen LogP contribution in [0.5, 0.6) is 0 Å². The fourth-order valence-corrected chi connectivity index (χ4v) is 2.74. The summed E-state index contributed by atoms with van der Waals surface area (Å²) in [6.45, 7) is 4.19. The number of hydrogen-bond acceptors (Lipinski definition) is 2. The fourth-order valence-electron chi connectivity index (χ4n) is 2.74. The summed E-state index contributed by atoms with van der Waals surface area (Å²) < 4.78 is 5.76. The number of esters is 1. The van der Waals surface area contributed by atoms with Crippen molar-refractivity contribution in [2.75, 3.05) is 0 Å². The Bertz CT molecular complexity index is 604. The van der Waals surface area contributed by atoms with E-state index in [1.165, 1.54) is 5.56 Å². The summed E-state index contributed by atoms with van der Waals surface area (Å²) >= 11 is 0. The van der Waals surface area contributed by atoms with Crippen molar-refractivity contribution >= 4 is 5.97 Å². The first kappa shape index (κ1) is 17.3. The first-order valence-corrected chi connectivity index (χ1v) is 8.57. The molecule has 23 heavy (non-hydrogen) atoms. The van der Waals surface area contributed by atoms with E-state index in [2.05, 4.69) is 26.0 Å². The van der Waals surface area contributed by atoms with Crippen LogP contribution in [0.1, 0.15) is 54.6 Å². The van der Waals surface area contributed by atoms with Crippen LogP contribution < -0.4 is 0 Å². The van der Waals surface area contributed by atoms with E-state index >= 15 is 0 Å². The Balaban J connectivity index is 1.97. The van der Waals surface area contributed by atoms with E-state index in [0.29, 0.717) is 5.56 Å². The lowest BCUT2D eigenvalue weighted by atomic mass is 10.0. The summed E-state index contributed by atoms with van der Waals surface area (Å²) in [5, 5.41) is 0. The maximum Gasteiger partial charge on any atom is 0.338 e. The molecule has 0 N–H and O–H groups in total. The Morgan fingerprint density at radius 2 is 1.65 bits per heavy atom. The number of carbonyl (C=O) groups excluding carboxylic acids is 1. The van der Waals surface area contributed by atoms with Crippen molar-refractivity contribution in [3.63, 3.8) is 0 Å². The molecule has 2 aromatic rings. The third-order valence-corrected chi connectivity index (χ3v) is 4.08. The lowest BCUT2D eigenvalue weighted by molar-refractivity contribution is 0.0272. The number of hydrogen-bond donors (Lipinski definition) is 0. The van der Waals surface area contributed by atoms with Gasteiger partial charge >= 0.3 is 5.97 Å². The van der Waals surface area contributed by atoms with E-state index in [4.69, 9.17) is 4.74 Å². The zero-order valence-electron chi connectivity index (χ0n) is 14.1. The van der Waals surface area contributed by atoms with Crippen molar-refractivity contribution in [3.05, 3.63) is 71.3 Å². The van der Waals surface area contributed by atoms with E-state index in [-0.39, 0.29) is 12.1 Å². The molecule has 0 amide bonds. The van der Waals surface area contributed by atoms with Gasteiger partial charge in [0, 0.05) is 0 Å². The number of ether oxygens (including phenoxy) is 1. The Morgan fingerprint density at radius 3 is 2.35 bits per heavy atom. The molecule has 2 aromatic carbocycles. The number of rotatable bonds is 8. The average molecular weight is 310 g/mol. The second-order valence-corrected chi connectivity index (χ2v) is 5.87. The summed E-state index contributed by atoms with van der Waals surface area (Å²) in [6.07, 6.45) is 4.54. The van der Waals surface area contributed by atoms with Gasteiger partial charge in [0.25, 0.3) is 0 Å². The van der Waals surface area contributed by atoms with Crippen LogP contribution >= 0.6 is 0 Å². The van der Waals surface area contributed by atoms with Gasteiger partial charge in [0.1, 0.15) is 6.10 Å². The van der Waals surface area contributed by atoms with Crippen molar-refractivity contribution < 1.29 is 9.53 Å². The Morgan fingerprint density at radius 1 is 0.957 bits per heavy atom. The van der Waals surface area contributed by atoms with E-state index in [1.807, 2.05) is 42.5 Å².